The molecule has 0 aliphatic heterocycles. The van der Waals surface area contributed by atoms with Crippen molar-refractivity contribution in [1.29, 1.82) is 0 Å². The largest absolute Gasteiger partial charge is 0.466 e. The van der Waals surface area contributed by atoms with Crippen LogP contribution in [-0.2, 0) is 11.3 Å². The number of unbranched alkanes of at least 4 members (excludes halogenated alkanes) is 1. The number of nitrogens with zero attached hydrogens (tertiary/aromatic N) is 2. The van der Waals surface area contributed by atoms with Crippen LogP contribution < -0.4 is 10.1 Å². The van der Waals surface area contributed by atoms with E-state index in [0.717, 1.165) is 31.0 Å². The highest BCUT2D eigenvalue weighted by Gasteiger charge is 2.20. The summed E-state index contributed by atoms with van der Waals surface area (Å²) in [4.78, 5) is 0. The molecule has 1 N–H and O–H groups in total. The van der Waals surface area contributed by atoms with E-state index in [-0.39, 0.29) is 0 Å². The lowest BCUT2D eigenvalue weighted by atomic mass is 10.4. The molecule has 18 heavy (non-hydrogen) atoms. The van der Waals surface area contributed by atoms with Crippen LogP contribution in [0.3, 0.4) is 0 Å². The Morgan fingerprint density at radius 2 is 2.17 bits per heavy atom. The Morgan fingerprint density at radius 1 is 1.28 bits per heavy atom. The predicted octanol–water partition coefficient (Wildman–Crippen LogP) is 1.99. The van der Waals surface area contributed by atoms with Crippen LogP contribution >= 0.6 is 11.3 Å². The second-order valence-corrected chi connectivity index (χ2v) is 5.46. The van der Waals surface area contributed by atoms with E-state index < -0.39 is 0 Å². The summed E-state index contributed by atoms with van der Waals surface area (Å²) in [6.07, 6.45) is 4.85. The minimum absolute atomic E-state index is 0.550. The summed E-state index contributed by atoms with van der Waals surface area (Å²) in [6.45, 7) is 4.94. The molecule has 0 saturated heterocycles. The van der Waals surface area contributed by atoms with Gasteiger partial charge in [-0.3, -0.25) is 0 Å². The SMILES string of the molecule is CCCCOCCOc1nnc(CNC2CC2)s1. The van der Waals surface area contributed by atoms with Crippen molar-refractivity contribution < 1.29 is 9.47 Å². The van der Waals surface area contributed by atoms with Gasteiger partial charge in [-0.15, -0.1) is 10.2 Å². The lowest BCUT2D eigenvalue weighted by Gasteiger charge is -2.03. The van der Waals surface area contributed by atoms with Crippen molar-refractivity contribution in [3.63, 3.8) is 0 Å². The van der Waals surface area contributed by atoms with Gasteiger partial charge in [0.05, 0.1) is 13.2 Å². The van der Waals surface area contributed by atoms with Crippen LogP contribution in [0.4, 0.5) is 0 Å². The molecule has 1 aromatic rings. The molecular weight excluding hydrogens is 250 g/mol. The summed E-state index contributed by atoms with van der Waals surface area (Å²) in [7, 11) is 0. The van der Waals surface area contributed by atoms with Gasteiger partial charge < -0.3 is 14.8 Å². The van der Waals surface area contributed by atoms with E-state index >= 15 is 0 Å². The van der Waals surface area contributed by atoms with Gasteiger partial charge in [0.15, 0.2) is 0 Å². The second kappa shape index (κ2) is 7.66. The summed E-state index contributed by atoms with van der Waals surface area (Å²) < 4.78 is 10.9. The molecule has 102 valence electrons. The van der Waals surface area contributed by atoms with E-state index in [9.17, 15) is 0 Å². The number of hydrogen-bond acceptors (Lipinski definition) is 6. The van der Waals surface area contributed by atoms with Gasteiger partial charge in [0, 0.05) is 12.6 Å². The fourth-order valence-electron chi connectivity index (χ4n) is 1.42. The van der Waals surface area contributed by atoms with E-state index in [1.807, 2.05) is 0 Å². The molecule has 1 fully saturated rings. The maximum Gasteiger partial charge on any atom is 0.294 e. The third-order valence-electron chi connectivity index (χ3n) is 2.66. The number of nitrogens with one attached hydrogen (secondary N) is 1. The van der Waals surface area contributed by atoms with Crippen LogP contribution in [0.25, 0.3) is 0 Å². The van der Waals surface area contributed by atoms with E-state index in [4.69, 9.17) is 9.47 Å². The highest BCUT2D eigenvalue weighted by molar-refractivity contribution is 7.13. The van der Waals surface area contributed by atoms with Crippen LogP contribution in [0.2, 0.25) is 0 Å². The Kier molecular flexibility index (Phi) is 5.83. The van der Waals surface area contributed by atoms with Crippen LogP contribution in [0.5, 0.6) is 5.19 Å². The highest BCUT2D eigenvalue weighted by Crippen LogP contribution is 2.21. The molecule has 1 heterocycles. The van der Waals surface area contributed by atoms with E-state index in [0.29, 0.717) is 24.4 Å². The standard InChI is InChI=1S/C12H21N3O2S/c1-2-3-6-16-7-8-17-12-15-14-11(18-12)9-13-10-4-5-10/h10,13H,2-9H2,1H3. The van der Waals surface area contributed by atoms with Crippen molar-refractivity contribution in [3.05, 3.63) is 5.01 Å². The zero-order valence-corrected chi connectivity index (χ0v) is 11.7. The van der Waals surface area contributed by atoms with Gasteiger partial charge in [-0.2, -0.15) is 0 Å². The van der Waals surface area contributed by atoms with Crippen LogP contribution in [-0.4, -0.2) is 36.1 Å². The summed E-state index contributed by atoms with van der Waals surface area (Å²) in [5, 5.41) is 13.1. The molecule has 0 radical (unpaired) electrons. The Labute approximate surface area is 112 Å². The fraction of sp³-hybridized carbons (Fsp3) is 0.833. The highest BCUT2D eigenvalue weighted by atomic mass is 32.1. The first-order valence-corrected chi connectivity index (χ1v) is 7.46. The van der Waals surface area contributed by atoms with Gasteiger partial charge in [0.2, 0.25) is 0 Å². The smallest absolute Gasteiger partial charge is 0.294 e. The van der Waals surface area contributed by atoms with E-state index in [1.54, 1.807) is 0 Å². The Morgan fingerprint density at radius 3 is 2.94 bits per heavy atom. The van der Waals surface area contributed by atoms with E-state index in [2.05, 4.69) is 22.4 Å². The molecule has 0 atom stereocenters. The van der Waals surface area contributed by atoms with Gasteiger partial charge in [-0.05, 0) is 19.3 Å². The molecule has 2 rings (SSSR count). The van der Waals surface area contributed by atoms with Crippen molar-refractivity contribution in [3.8, 4) is 5.19 Å². The lowest BCUT2D eigenvalue weighted by molar-refractivity contribution is 0.0977. The molecular formula is C12H21N3O2S. The van der Waals surface area contributed by atoms with Gasteiger partial charge >= 0.3 is 0 Å². The fourth-order valence-corrected chi connectivity index (χ4v) is 2.09. The summed E-state index contributed by atoms with van der Waals surface area (Å²) in [6, 6.07) is 0.699. The van der Waals surface area contributed by atoms with Crippen LogP contribution in [0.15, 0.2) is 0 Å². The first kappa shape index (κ1) is 13.7. The first-order chi connectivity index (χ1) is 8.88. The van der Waals surface area contributed by atoms with Crippen molar-refractivity contribution in [2.75, 3.05) is 19.8 Å². The molecule has 5 nitrogen and oxygen atoms in total. The maximum atomic E-state index is 5.48. The van der Waals surface area contributed by atoms with E-state index in [1.165, 1.54) is 24.2 Å². The monoisotopic (exact) mass is 271 g/mol. The predicted molar refractivity (Wildman–Crippen MR) is 71.0 cm³/mol. The molecule has 0 bridgehead atoms. The summed E-state index contributed by atoms with van der Waals surface area (Å²) in [5.41, 5.74) is 0. The molecule has 6 heteroatoms. The third kappa shape index (κ3) is 5.29. The van der Waals surface area contributed by atoms with Crippen LogP contribution in [0, 0.1) is 0 Å². The molecule has 1 aliphatic rings. The maximum absolute atomic E-state index is 5.48. The van der Waals surface area contributed by atoms with Crippen molar-refractivity contribution in [2.24, 2.45) is 0 Å². The molecule has 0 unspecified atom stereocenters. The van der Waals surface area contributed by atoms with Gasteiger partial charge in [0.25, 0.3) is 5.19 Å². The van der Waals surface area contributed by atoms with Gasteiger partial charge in [-0.25, -0.2) is 0 Å². The zero-order chi connectivity index (χ0) is 12.6. The minimum atomic E-state index is 0.550. The summed E-state index contributed by atoms with van der Waals surface area (Å²) >= 11 is 1.51. The average molecular weight is 271 g/mol. The second-order valence-electron chi connectivity index (χ2n) is 4.43. The number of aromatic nitrogens is 2. The molecule has 1 aromatic heterocycles. The Hall–Kier alpha value is -0.720. The minimum Gasteiger partial charge on any atom is -0.466 e. The van der Waals surface area contributed by atoms with Crippen molar-refractivity contribution in [1.82, 2.24) is 15.5 Å². The number of rotatable bonds is 10. The van der Waals surface area contributed by atoms with Crippen LogP contribution in [0.1, 0.15) is 37.6 Å². The molecule has 0 amide bonds. The van der Waals surface area contributed by atoms with Gasteiger partial charge in [0.1, 0.15) is 11.6 Å². The molecule has 1 saturated carbocycles. The Balaban J connectivity index is 1.54. The molecule has 0 aromatic carbocycles. The lowest BCUT2D eigenvalue weighted by Crippen LogP contribution is -2.14. The van der Waals surface area contributed by atoms with Crippen molar-refractivity contribution >= 4 is 11.3 Å². The number of hydrogen-bond donors (Lipinski definition) is 1. The quantitative estimate of drug-likeness (QED) is 0.659. The van der Waals surface area contributed by atoms with Gasteiger partial charge in [-0.1, -0.05) is 24.7 Å². The summed E-state index contributed by atoms with van der Waals surface area (Å²) in [5.74, 6) is 0. The topological polar surface area (TPSA) is 56.3 Å². The number of ether oxygens (including phenoxy) is 2. The normalized spacial score (nSPS) is 14.9. The average Bonchev–Trinajstić information content (AvgIpc) is 3.11. The molecule has 0 spiro atoms. The third-order valence-corrected chi connectivity index (χ3v) is 3.50. The van der Waals surface area contributed by atoms with Crippen molar-refractivity contribution in [2.45, 2.75) is 45.2 Å². The zero-order valence-electron chi connectivity index (χ0n) is 10.9. The Bertz CT molecular complexity index is 342. The first-order valence-electron chi connectivity index (χ1n) is 6.64. The molecule has 1 aliphatic carbocycles.